The van der Waals surface area contributed by atoms with Crippen LogP contribution in [0.4, 0.5) is 5.69 Å². The summed E-state index contributed by atoms with van der Waals surface area (Å²) in [6.45, 7) is 1.32. The van der Waals surface area contributed by atoms with Crippen LogP contribution < -0.4 is 10.1 Å². The van der Waals surface area contributed by atoms with Gasteiger partial charge in [-0.15, -0.1) is 0 Å². The molecule has 0 aliphatic rings. The van der Waals surface area contributed by atoms with Gasteiger partial charge in [0.25, 0.3) is 5.91 Å². The fraction of sp³-hybridized carbons (Fsp3) is 0.222. The monoisotopic (exact) mass is 392 g/mol. The van der Waals surface area contributed by atoms with E-state index in [-0.39, 0.29) is 17.4 Å². The Balaban J connectivity index is 2.05. The number of methoxy groups -OCH3 is 1. The second kappa shape index (κ2) is 9.00. The Morgan fingerprint density at radius 3 is 2.59 bits per heavy atom. The topological polar surface area (TPSA) is 108 Å². The maximum Gasteiger partial charge on any atom is 0.338 e. The Morgan fingerprint density at radius 2 is 1.96 bits per heavy atom. The van der Waals surface area contributed by atoms with Crippen LogP contribution in [0.3, 0.4) is 0 Å². The molecule has 1 amide bonds. The number of benzene rings is 2. The van der Waals surface area contributed by atoms with E-state index in [1.165, 1.54) is 19.2 Å². The van der Waals surface area contributed by atoms with Crippen molar-refractivity contribution in [2.45, 2.75) is 13.0 Å². The Hall–Kier alpha value is -3.13. The minimum Gasteiger partial charge on any atom is -0.477 e. The molecule has 0 bridgehead atoms. The van der Waals surface area contributed by atoms with Gasteiger partial charge in [-0.3, -0.25) is 14.9 Å². The number of ether oxygens (including phenoxy) is 2. The Labute approximate surface area is 160 Å². The fourth-order valence-electron chi connectivity index (χ4n) is 2.36. The van der Waals surface area contributed by atoms with Crippen molar-refractivity contribution in [3.05, 3.63) is 68.7 Å². The Bertz CT molecular complexity index is 871. The van der Waals surface area contributed by atoms with Gasteiger partial charge in [-0.1, -0.05) is 29.8 Å². The average Bonchev–Trinajstić information content (AvgIpc) is 2.65. The van der Waals surface area contributed by atoms with Gasteiger partial charge >= 0.3 is 11.7 Å². The third kappa shape index (κ3) is 5.18. The maximum absolute atomic E-state index is 12.1. The van der Waals surface area contributed by atoms with Crippen molar-refractivity contribution in [1.29, 1.82) is 0 Å². The molecular formula is C18H17ClN2O6. The molecule has 0 heterocycles. The van der Waals surface area contributed by atoms with E-state index in [1.807, 2.05) is 0 Å². The number of amides is 1. The minimum atomic E-state index is -0.712. The molecule has 9 heteroatoms. The third-order valence-corrected chi connectivity index (χ3v) is 4.03. The van der Waals surface area contributed by atoms with Gasteiger partial charge in [-0.05, 0) is 30.7 Å². The van der Waals surface area contributed by atoms with E-state index in [2.05, 4.69) is 10.1 Å². The number of halogens is 1. The summed E-state index contributed by atoms with van der Waals surface area (Å²) in [6.07, 6.45) is 0. The predicted molar refractivity (Wildman–Crippen MR) is 97.9 cm³/mol. The number of carbonyl (C=O) groups excluding carboxylic acids is 2. The van der Waals surface area contributed by atoms with Gasteiger partial charge in [0.1, 0.15) is 0 Å². The van der Waals surface area contributed by atoms with Gasteiger partial charge in [-0.25, -0.2) is 4.79 Å². The lowest BCUT2D eigenvalue weighted by atomic mass is 10.1. The van der Waals surface area contributed by atoms with Crippen molar-refractivity contribution in [3.63, 3.8) is 0 Å². The second-order valence-electron chi connectivity index (χ2n) is 5.53. The van der Waals surface area contributed by atoms with Gasteiger partial charge in [0.15, 0.2) is 12.4 Å². The molecule has 0 aliphatic carbocycles. The summed E-state index contributed by atoms with van der Waals surface area (Å²) in [4.78, 5) is 34.1. The van der Waals surface area contributed by atoms with Crippen LogP contribution in [0.25, 0.3) is 0 Å². The van der Waals surface area contributed by atoms with Crippen LogP contribution in [-0.4, -0.2) is 30.5 Å². The number of hydrogen-bond donors (Lipinski definition) is 1. The van der Waals surface area contributed by atoms with Crippen LogP contribution in [0.15, 0.2) is 42.5 Å². The lowest BCUT2D eigenvalue weighted by Gasteiger charge is -2.16. The number of nitro groups is 1. The van der Waals surface area contributed by atoms with E-state index in [0.717, 1.165) is 11.6 Å². The summed E-state index contributed by atoms with van der Waals surface area (Å²) in [6, 6.07) is 10.3. The summed E-state index contributed by atoms with van der Waals surface area (Å²) in [7, 11) is 1.17. The highest BCUT2D eigenvalue weighted by Crippen LogP contribution is 2.28. The number of hydrogen-bond acceptors (Lipinski definition) is 6. The zero-order valence-electron chi connectivity index (χ0n) is 14.6. The quantitative estimate of drug-likeness (QED) is 0.440. The van der Waals surface area contributed by atoms with Crippen molar-refractivity contribution in [1.82, 2.24) is 5.32 Å². The fourth-order valence-corrected chi connectivity index (χ4v) is 2.66. The average molecular weight is 393 g/mol. The zero-order chi connectivity index (χ0) is 20.0. The van der Waals surface area contributed by atoms with Crippen LogP contribution in [0, 0.1) is 10.1 Å². The Kier molecular flexibility index (Phi) is 6.73. The largest absolute Gasteiger partial charge is 0.477 e. The van der Waals surface area contributed by atoms with Crippen molar-refractivity contribution in [2.75, 3.05) is 13.7 Å². The highest BCUT2D eigenvalue weighted by molar-refractivity contribution is 6.31. The predicted octanol–water partition coefficient (Wildman–Crippen LogP) is 3.29. The third-order valence-electron chi connectivity index (χ3n) is 3.68. The van der Waals surface area contributed by atoms with Gasteiger partial charge in [0, 0.05) is 11.1 Å². The number of rotatable bonds is 7. The first-order chi connectivity index (χ1) is 12.8. The molecule has 8 nitrogen and oxygen atoms in total. The maximum atomic E-state index is 12.1. The van der Waals surface area contributed by atoms with Crippen LogP contribution >= 0.6 is 11.6 Å². The molecule has 0 spiro atoms. The molecule has 2 rings (SSSR count). The van der Waals surface area contributed by atoms with Crippen LogP contribution in [0.1, 0.15) is 28.9 Å². The van der Waals surface area contributed by atoms with Gasteiger partial charge in [0.05, 0.1) is 23.6 Å². The first kappa shape index (κ1) is 20.2. The van der Waals surface area contributed by atoms with E-state index in [4.69, 9.17) is 16.3 Å². The van der Waals surface area contributed by atoms with E-state index < -0.39 is 29.1 Å². The molecule has 1 atom stereocenters. The van der Waals surface area contributed by atoms with Crippen molar-refractivity contribution in [3.8, 4) is 5.75 Å². The van der Waals surface area contributed by atoms with E-state index >= 15 is 0 Å². The second-order valence-corrected chi connectivity index (χ2v) is 5.94. The summed E-state index contributed by atoms with van der Waals surface area (Å²) >= 11 is 6.09. The molecule has 2 aromatic rings. The summed E-state index contributed by atoms with van der Waals surface area (Å²) in [5.74, 6) is -1.32. The first-order valence-electron chi connectivity index (χ1n) is 7.86. The number of nitrogens with one attached hydrogen (secondary N) is 1. The number of esters is 1. The molecule has 0 saturated heterocycles. The van der Waals surface area contributed by atoms with Gasteiger partial charge in [0.2, 0.25) is 0 Å². The van der Waals surface area contributed by atoms with Crippen molar-refractivity contribution >= 4 is 29.2 Å². The molecule has 0 radical (unpaired) electrons. The number of nitrogens with zero attached hydrogens (tertiary/aromatic N) is 1. The summed E-state index contributed by atoms with van der Waals surface area (Å²) in [5.41, 5.74) is 0.305. The van der Waals surface area contributed by atoms with E-state index in [0.29, 0.717) is 5.02 Å². The zero-order valence-corrected chi connectivity index (χ0v) is 15.4. The normalized spacial score (nSPS) is 11.4. The SMILES string of the molecule is COC(=O)c1ccc(OCC(=O)N[C@@H](C)c2ccccc2Cl)c([N+](=O)[O-])c1. The lowest BCUT2D eigenvalue weighted by molar-refractivity contribution is -0.385. The molecule has 0 saturated carbocycles. The van der Waals surface area contributed by atoms with Crippen LogP contribution in [-0.2, 0) is 9.53 Å². The van der Waals surface area contributed by atoms with E-state index in [9.17, 15) is 19.7 Å². The lowest BCUT2D eigenvalue weighted by Crippen LogP contribution is -2.31. The van der Waals surface area contributed by atoms with Gasteiger partial charge < -0.3 is 14.8 Å². The standard InChI is InChI=1S/C18H17ClN2O6/c1-11(13-5-3-4-6-14(13)19)20-17(22)10-27-16-8-7-12(18(23)26-2)9-15(16)21(24)25/h3-9,11H,10H2,1-2H3,(H,20,22)/t11-/m0/s1. The highest BCUT2D eigenvalue weighted by Gasteiger charge is 2.20. The summed E-state index contributed by atoms with van der Waals surface area (Å²) < 4.78 is 9.78. The Morgan fingerprint density at radius 1 is 1.26 bits per heavy atom. The number of carbonyl (C=O) groups is 2. The molecule has 142 valence electrons. The van der Waals surface area contributed by atoms with Crippen LogP contribution in [0.5, 0.6) is 5.75 Å². The molecule has 1 N–H and O–H groups in total. The highest BCUT2D eigenvalue weighted by atomic mass is 35.5. The molecule has 27 heavy (non-hydrogen) atoms. The van der Waals surface area contributed by atoms with E-state index in [1.54, 1.807) is 31.2 Å². The molecule has 2 aromatic carbocycles. The van der Waals surface area contributed by atoms with Crippen molar-refractivity contribution in [2.24, 2.45) is 0 Å². The number of nitro benzene ring substituents is 1. The minimum absolute atomic E-state index is 0.00773. The summed E-state index contributed by atoms with van der Waals surface area (Å²) in [5, 5.41) is 14.4. The molecule has 0 aliphatic heterocycles. The molecular weight excluding hydrogens is 376 g/mol. The van der Waals surface area contributed by atoms with Crippen LogP contribution in [0.2, 0.25) is 5.02 Å². The van der Waals surface area contributed by atoms with Crippen molar-refractivity contribution < 1.29 is 24.0 Å². The molecule has 0 fully saturated rings. The first-order valence-corrected chi connectivity index (χ1v) is 8.24. The molecule has 0 unspecified atom stereocenters. The smallest absolute Gasteiger partial charge is 0.338 e. The molecule has 0 aromatic heterocycles. The van der Waals surface area contributed by atoms with Gasteiger partial charge in [-0.2, -0.15) is 0 Å².